The predicted octanol–water partition coefficient (Wildman–Crippen LogP) is 5.08. The molecular weight excluding hydrogens is 248 g/mol. The van der Waals surface area contributed by atoms with E-state index in [0.29, 0.717) is 12.5 Å². The van der Waals surface area contributed by atoms with Crippen LogP contribution in [0.3, 0.4) is 0 Å². The fourth-order valence-electron chi connectivity index (χ4n) is 3.05. The van der Waals surface area contributed by atoms with Gasteiger partial charge in [0.1, 0.15) is 0 Å². The molecule has 1 aliphatic rings. The highest BCUT2D eigenvalue weighted by Crippen LogP contribution is 2.34. The highest BCUT2D eigenvalue weighted by atomic mass is 16.5. The molecule has 1 aromatic rings. The number of carbonyl (C=O) groups excluding carboxylic acids is 1. The summed E-state index contributed by atoms with van der Waals surface area (Å²) in [5.74, 6) is 0.408. The Balaban J connectivity index is 2.01. The molecule has 2 nitrogen and oxygen atoms in total. The van der Waals surface area contributed by atoms with E-state index < -0.39 is 0 Å². The van der Waals surface area contributed by atoms with Crippen molar-refractivity contribution < 1.29 is 9.53 Å². The van der Waals surface area contributed by atoms with Crippen LogP contribution in [0.2, 0.25) is 0 Å². The molecule has 0 N–H and O–H groups in total. The van der Waals surface area contributed by atoms with Crippen molar-refractivity contribution in [3.05, 3.63) is 35.4 Å². The van der Waals surface area contributed by atoms with Gasteiger partial charge in [0.25, 0.3) is 0 Å². The zero-order valence-corrected chi connectivity index (χ0v) is 12.6. The van der Waals surface area contributed by atoms with Gasteiger partial charge in [-0.25, -0.2) is 4.79 Å². The van der Waals surface area contributed by atoms with Crippen LogP contribution in [0.15, 0.2) is 24.3 Å². The van der Waals surface area contributed by atoms with Crippen LogP contribution in [-0.4, -0.2) is 12.6 Å². The lowest BCUT2D eigenvalue weighted by atomic mass is 9.82. The van der Waals surface area contributed by atoms with Crippen LogP contribution in [0.25, 0.3) is 0 Å². The molecule has 0 atom stereocenters. The first kappa shape index (κ1) is 15.1. The molecule has 2 heteroatoms. The zero-order valence-electron chi connectivity index (χ0n) is 12.6. The molecule has 1 aromatic carbocycles. The summed E-state index contributed by atoms with van der Waals surface area (Å²) in [7, 11) is 0. The van der Waals surface area contributed by atoms with E-state index in [2.05, 4.69) is 13.0 Å². The van der Waals surface area contributed by atoms with Crippen molar-refractivity contribution in [3.8, 4) is 0 Å². The first-order chi connectivity index (χ1) is 9.83. The van der Waals surface area contributed by atoms with Crippen LogP contribution in [-0.2, 0) is 4.74 Å². The first-order valence-electron chi connectivity index (χ1n) is 8.09. The Kier molecular flexibility index (Phi) is 6.10. The van der Waals surface area contributed by atoms with Crippen LogP contribution in [0.1, 0.15) is 80.1 Å². The predicted molar refractivity (Wildman–Crippen MR) is 82.1 cm³/mol. The Morgan fingerprint density at radius 3 is 2.65 bits per heavy atom. The van der Waals surface area contributed by atoms with Gasteiger partial charge in [0.15, 0.2) is 0 Å². The summed E-state index contributed by atoms with van der Waals surface area (Å²) in [6.07, 6.45) is 9.55. The number of hydrogen-bond acceptors (Lipinski definition) is 2. The summed E-state index contributed by atoms with van der Waals surface area (Å²) in [6.45, 7) is 2.70. The molecule has 0 bridgehead atoms. The third-order valence-corrected chi connectivity index (χ3v) is 4.21. The van der Waals surface area contributed by atoms with Gasteiger partial charge < -0.3 is 4.74 Å². The standard InChI is InChI=1S/C18H26O2/c1-2-3-9-14-20-18(19)17-13-8-7-12-16(17)15-10-5-4-6-11-15/h7-8,12-13,15H,2-6,9-11,14H2,1H3. The molecule has 0 aliphatic heterocycles. The number of carbonyl (C=O) groups is 1. The molecular formula is C18H26O2. The number of ether oxygens (including phenoxy) is 1. The molecule has 1 aliphatic carbocycles. The lowest BCUT2D eigenvalue weighted by Crippen LogP contribution is -2.13. The van der Waals surface area contributed by atoms with Crippen molar-refractivity contribution in [1.82, 2.24) is 0 Å². The summed E-state index contributed by atoms with van der Waals surface area (Å²) in [5, 5.41) is 0. The average Bonchev–Trinajstić information content (AvgIpc) is 2.52. The minimum Gasteiger partial charge on any atom is -0.462 e. The SMILES string of the molecule is CCCCCOC(=O)c1ccccc1C1CCCCC1. The van der Waals surface area contributed by atoms with Gasteiger partial charge in [-0.2, -0.15) is 0 Å². The topological polar surface area (TPSA) is 26.3 Å². The van der Waals surface area contributed by atoms with E-state index in [9.17, 15) is 4.79 Å². The van der Waals surface area contributed by atoms with Gasteiger partial charge in [0.2, 0.25) is 0 Å². The van der Waals surface area contributed by atoms with E-state index in [-0.39, 0.29) is 5.97 Å². The van der Waals surface area contributed by atoms with Crippen molar-refractivity contribution in [3.63, 3.8) is 0 Å². The van der Waals surface area contributed by atoms with Crippen molar-refractivity contribution in [2.24, 2.45) is 0 Å². The maximum Gasteiger partial charge on any atom is 0.338 e. The Labute approximate surface area is 122 Å². The molecule has 0 amide bonds. The fourth-order valence-corrected chi connectivity index (χ4v) is 3.05. The van der Waals surface area contributed by atoms with Crippen LogP contribution in [0.5, 0.6) is 0 Å². The Bertz CT molecular complexity index is 419. The fraction of sp³-hybridized carbons (Fsp3) is 0.611. The van der Waals surface area contributed by atoms with E-state index in [0.717, 1.165) is 24.8 Å². The maximum absolute atomic E-state index is 12.2. The van der Waals surface area contributed by atoms with E-state index in [1.54, 1.807) is 0 Å². The highest BCUT2D eigenvalue weighted by Gasteiger charge is 2.21. The second-order valence-electron chi connectivity index (χ2n) is 5.77. The normalized spacial score (nSPS) is 16.1. The Morgan fingerprint density at radius 1 is 1.15 bits per heavy atom. The average molecular weight is 274 g/mol. The summed E-state index contributed by atoms with van der Waals surface area (Å²) < 4.78 is 5.42. The van der Waals surface area contributed by atoms with Gasteiger partial charge in [0, 0.05) is 0 Å². The molecule has 0 heterocycles. The Hall–Kier alpha value is -1.31. The number of benzene rings is 1. The molecule has 0 saturated heterocycles. The smallest absolute Gasteiger partial charge is 0.338 e. The second-order valence-corrected chi connectivity index (χ2v) is 5.77. The number of rotatable bonds is 6. The second kappa shape index (κ2) is 8.08. The van der Waals surface area contributed by atoms with Crippen LogP contribution >= 0.6 is 0 Å². The van der Waals surface area contributed by atoms with Gasteiger partial charge in [-0.15, -0.1) is 0 Å². The minimum absolute atomic E-state index is 0.137. The lowest BCUT2D eigenvalue weighted by molar-refractivity contribution is 0.0496. The summed E-state index contributed by atoms with van der Waals surface area (Å²) in [4.78, 5) is 12.2. The molecule has 0 radical (unpaired) electrons. The van der Waals surface area contributed by atoms with Crippen molar-refractivity contribution in [1.29, 1.82) is 0 Å². The summed E-state index contributed by atoms with van der Waals surface area (Å²) in [6, 6.07) is 8.01. The quantitative estimate of drug-likeness (QED) is 0.534. The molecule has 110 valence electrons. The van der Waals surface area contributed by atoms with E-state index >= 15 is 0 Å². The maximum atomic E-state index is 12.2. The molecule has 0 unspecified atom stereocenters. The molecule has 0 spiro atoms. The Morgan fingerprint density at radius 2 is 1.90 bits per heavy atom. The molecule has 20 heavy (non-hydrogen) atoms. The monoisotopic (exact) mass is 274 g/mol. The lowest BCUT2D eigenvalue weighted by Gasteiger charge is -2.23. The summed E-state index contributed by atoms with van der Waals surface area (Å²) >= 11 is 0. The number of unbranched alkanes of at least 4 members (excludes halogenated alkanes) is 2. The number of hydrogen-bond donors (Lipinski definition) is 0. The minimum atomic E-state index is -0.137. The van der Waals surface area contributed by atoms with Crippen molar-refractivity contribution in [2.45, 2.75) is 64.2 Å². The zero-order chi connectivity index (χ0) is 14.2. The van der Waals surface area contributed by atoms with E-state index in [4.69, 9.17) is 4.74 Å². The largest absolute Gasteiger partial charge is 0.462 e. The van der Waals surface area contributed by atoms with Crippen LogP contribution in [0, 0.1) is 0 Å². The molecule has 1 saturated carbocycles. The first-order valence-corrected chi connectivity index (χ1v) is 8.09. The van der Waals surface area contributed by atoms with Crippen LogP contribution in [0.4, 0.5) is 0 Å². The van der Waals surface area contributed by atoms with Gasteiger partial charge in [-0.1, -0.05) is 57.2 Å². The third-order valence-electron chi connectivity index (χ3n) is 4.21. The third kappa shape index (κ3) is 4.09. The van der Waals surface area contributed by atoms with Gasteiger partial charge in [0.05, 0.1) is 12.2 Å². The highest BCUT2D eigenvalue weighted by molar-refractivity contribution is 5.91. The van der Waals surface area contributed by atoms with Crippen LogP contribution < -0.4 is 0 Å². The molecule has 2 rings (SSSR count). The van der Waals surface area contributed by atoms with Gasteiger partial charge in [-0.3, -0.25) is 0 Å². The number of esters is 1. The molecule has 0 aromatic heterocycles. The van der Waals surface area contributed by atoms with E-state index in [1.165, 1.54) is 37.7 Å². The van der Waals surface area contributed by atoms with Gasteiger partial charge >= 0.3 is 5.97 Å². The summed E-state index contributed by atoms with van der Waals surface area (Å²) in [5.41, 5.74) is 1.99. The van der Waals surface area contributed by atoms with Crippen molar-refractivity contribution in [2.75, 3.05) is 6.61 Å². The molecule has 1 fully saturated rings. The van der Waals surface area contributed by atoms with E-state index in [1.807, 2.05) is 18.2 Å². The van der Waals surface area contributed by atoms with Crippen molar-refractivity contribution >= 4 is 5.97 Å². The van der Waals surface area contributed by atoms with Gasteiger partial charge in [-0.05, 0) is 36.8 Å².